The predicted molar refractivity (Wildman–Crippen MR) is 64.6 cm³/mol. The van der Waals surface area contributed by atoms with Gasteiger partial charge in [-0.25, -0.2) is 4.39 Å². The zero-order chi connectivity index (χ0) is 12.4. The summed E-state index contributed by atoms with van der Waals surface area (Å²) >= 11 is 0. The summed E-state index contributed by atoms with van der Waals surface area (Å²) in [7, 11) is 1.65. The molecule has 1 aliphatic rings. The Balaban J connectivity index is 2.41. The molecule has 2 aromatic heterocycles. The van der Waals surface area contributed by atoms with Crippen LogP contribution in [0.4, 0.5) is 4.39 Å². The largest absolute Gasteiger partial charge is 0.341 e. The number of fused-ring (bicyclic) bond motifs is 3. The van der Waals surface area contributed by atoms with Crippen LogP contribution >= 0.6 is 0 Å². The van der Waals surface area contributed by atoms with Gasteiger partial charge in [-0.3, -0.25) is 4.79 Å². The second-order valence-corrected chi connectivity index (χ2v) is 5.68. The molecule has 90 valence electrons. The van der Waals surface area contributed by atoms with Crippen molar-refractivity contribution in [3.63, 3.8) is 0 Å². The van der Waals surface area contributed by atoms with Gasteiger partial charge in [-0.05, 0) is 17.9 Å². The van der Waals surface area contributed by atoms with Gasteiger partial charge in [-0.2, -0.15) is 0 Å². The highest BCUT2D eigenvalue weighted by atomic mass is 19.1. The zero-order valence-corrected chi connectivity index (χ0v) is 10.2. The van der Waals surface area contributed by atoms with Gasteiger partial charge < -0.3 is 9.13 Å². The van der Waals surface area contributed by atoms with E-state index in [4.69, 9.17) is 0 Å². The van der Waals surface area contributed by atoms with E-state index in [0.29, 0.717) is 12.1 Å². The molecule has 0 aliphatic carbocycles. The average molecular weight is 234 g/mol. The van der Waals surface area contributed by atoms with Crippen LogP contribution in [-0.2, 0) is 20.0 Å². The van der Waals surface area contributed by atoms with E-state index in [1.165, 1.54) is 4.57 Å². The van der Waals surface area contributed by atoms with Crippen molar-refractivity contribution in [1.82, 2.24) is 9.13 Å². The Kier molecular flexibility index (Phi) is 1.86. The lowest BCUT2D eigenvalue weighted by molar-refractivity contribution is 0.361. The van der Waals surface area contributed by atoms with E-state index in [1.807, 2.05) is 10.6 Å². The minimum absolute atomic E-state index is 0.0748. The SMILES string of the molecule is Cn1ccc2c(c(F)c3n2CC(C)(C)C3)c1=O. The molecule has 17 heavy (non-hydrogen) atoms. The summed E-state index contributed by atoms with van der Waals surface area (Å²) in [4.78, 5) is 11.9. The van der Waals surface area contributed by atoms with Crippen molar-refractivity contribution in [3.8, 4) is 0 Å². The second kappa shape index (κ2) is 3.00. The van der Waals surface area contributed by atoms with Gasteiger partial charge in [-0.15, -0.1) is 0 Å². The summed E-state index contributed by atoms with van der Waals surface area (Å²) in [6.45, 7) is 5.01. The van der Waals surface area contributed by atoms with Gasteiger partial charge in [0.2, 0.25) is 0 Å². The summed E-state index contributed by atoms with van der Waals surface area (Å²) in [6.07, 6.45) is 2.39. The van der Waals surface area contributed by atoms with Crippen molar-refractivity contribution in [3.05, 3.63) is 34.1 Å². The summed E-state index contributed by atoms with van der Waals surface area (Å²) in [5.74, 6) is -0.327. The summed E-state index contributed by atoms with van der Waals surface area (Å²) < 4.78 is 17.7. The van der Waals surface area contributed by atoms with Crippen LogP contribution in [0.5, 0.6) is 0 Å². The molecular weight excluding hydrogens is 219 g/mol. The molecule has 4 heteroatoms. The quantitative estimate of drug-likeness (QED) is 0.685. The molecule has 0 radical (unpaired) electrons. The van der Waals surface area contributed by atoms with E-state index >= 15 is 0 Å². The number of hydrogen-bond acceptors (Lipinski definition) is 1. The third-order valence-corrected chi connectivity index (χ3v) is 3.57. The molecule has 0 spiro atoms. The van der Waals surface area contributed by atoms with Crippen molar-refractivity contribution in [2.75, 3.05) is 0 Å². The third kappa shape index (κ3) is 1.30. The third-order valence-electron chi connectivity index (χ3n) is 3.57. The first kappa shape index (κ1) is 10.6. The maximum atomic E-state index is 14.3. The molecule has 0 bridgehead atoms. The number of pyridine rings is 1. The van der Waals surface area contributed by atoms with Gasteiger partial charge >= 0.3 is 0 Å². The topological polar surface area (TPSA) is 26.9 Å². The molecule has 1 aliphatic heterocycles. The first-order valence-corrected chi connectivity index (χ1v) is 5.77. The van der Waals surface area contributed by atoms with Gasteiger partial charge in [0.25, 0.3) is 5.56 Å². The van der Waals surface area contributed by atoms with E-state index in [-0.39, 0.29) is 22.2 Å². The summed E-state index contributed by atoms with van der Waals surface area (Å²) in [5, 5.41) is 0.237. The lowest BCUT2D eigenvalue weighted by Crippen LogP contribution is -2.18. The number of aryl methyl sites for hydroxylation is 1. The Morgan fingerprint density at radius 3 is 2.82 bits per heavy atom. The van der Waals surface area contributed by atoms with E-state index in [1.54, 1.807) is 13.2 Å². The average Bonchev–Trinajstić information content (AvgIpc) is 2.67. The van der Waals surface area contributed by atoms with Crippen LogP contribution < -0.4 is 5.56 Å². The normalized spacial score (nSPS) is 17.6. The molecule has 3 heterocycles. The van der Waals surface area contributed by atoms with E-state index < -0.39 is 0 Å². The van der Waals surface area contributed by atoms with Crippen LogP contribution in [0.3, 0.4) is 0 Å². The number of rotatable bonds is 0. The smallest absolute Gasteiger partial charge is 0.262 e. The summed E-state index contributed by atoms with van der Waals surface area (Å²) in [5.41, 5.74) is 1.23. The predicted octanol–water partition coefficient (Wildman–Crippen LogP) is 2.06. The number of aromatic nitrogens is 2. The molecule has 2 aromatic rings. The highest BCUT2D eigenvalue weighted by Crippen LogP contribution is 2.37. The molecule has 0 saturated carbocycles. The highest BCUT2D eigenvalue weighted by molar-refractivity contribution is 5.81. The fourth-order valence-corrected chi connectivity index (χ4v) is 2.75. The molecule has 0 fully saturated rings. The van der Waals surface area contributed by atoms with E-state index in [2.05, 4.69) is 13.8 Å². The molecule has 0 atom stereocenters. The van der Waals surface area contributed by atoms with Gasteiger partial charge in [0.05, 0.1) is 11.2 Å². The van der Waals surface area contributed by atoms with Crippen molar-refractivity contribution in [2.24, 2.45) is 12.5 Å². The molecule has 0 unspecified atom stereocenters. The molecule has 0 amide bonds. The molecule has 0 saturated heterocycles. The second-order valence-electron chi connectivity index (χ2n) is 5.68. The van der Waals surface area contributed by atoms with Gasteiger partial charge in [0, 0.05) is 19.8 Å². The summed E-state index contributed by atoms with van der Waals surface area (Å²) in [6, 6.07) is 1.82. The van der Waals surface area contributed by atoms with Crippen LogP contribution in [0.15, 0.2) is 17.1 Å². The first-order valence-electron chi connectivity index (χ1n) is 5.77. The lowest BCUT2D eigenvalue weighted by atomic mass is 9.91. The zero-order valence-electron chi connectivity index (χ0n) is 10.2. The van der Waals surface area contributed by atoms with E-state index in [0.717, 1.165) is 12.1 Å². The van der Waals surface area contributed by atoms with E-state index in [9.17, 15) is 9.18 Å². The van der Waals surface area contributed by atoms with Crippen molar-refractivity contribution >= 4 is 10.9 Å². The number of nitrogens with zero attached hydrogens (tertiary/aromatic N) is 2. The first-order chi connectivity index (χ1) is 7.91. The maximum absolute atomic E-state index is 14.3. The standard InChI is InChI=1S/C13H15FN2O/c1-13(2)6-9-11(14)10-8(16(9)7-13)4-5-15(3)12(10)17/h4-5H,6-7H2,1-3H3. The number of hydrogen-bond donors (Lipinski definition) is 0. The minimum Gasteiger partial charge on any atom is -0.341 e. The monoisotopic (exact) mass is 234 g/mol. The van der Waals surface area contributed by atoms with Crippen LogP contribution in [-0.4, -0.2) is 9.13 Å². The number of halogens is 1. The Morgan fingerprint density at radius 2 is 2.12 bits per heavy atom. The molecule has 0 aromatic carbocycles. The minimum atomic E-state index is -0.327. The fourth-order valence-electron chi connectivity index (χ4n) is 2.75. The van der Waals surface area contributed by atoms with Crippen LogP contribution in [0, 0.1) is 11.2 Å². The lowest BCUT2D eigenvalue weighted by Gasteiger charge is -2.15. The molecule has 3 rings (SSSR count). The Morgan fingerprint density at radius 1 is 1.41 bits per heavy atom. The van der Waals surface area contributed by atoms with Crippen molar-refractivity contribution < 1.29 is 4.39 Å². The maximum Gasteiger partial charge on any atom is 0.262 e. The van der Waals surface area contributed by atoms with Gasteiger partial charge in [0.15, 0.2) is 5.82 Å². The Hall–Kier alpha value is -1.58. The Bertz CT molecular complexity index is 679. The van der Waals surface area contributed by atoms with Gasteiger partial charge in [0.1, 0.15) is 5.39 Å². The molecule has 3 nitrogen and oxygen atoms in total. The van der Waals surface area contributed by atoms with Gasteiger partial charge in [-0.1, -0.05) is 13.8 Å². The van der Waals surface area contributed by atoms with Crippen LogP contribution in [0.25, 0.3) is 10.9 Å². The van der Waals surface area contributed by atoms with Crippen molar-refractivity contribution in [2.45, 2.75) is 26.8 Å². The van der Waals surface area contributed by atoms with Crippen molar-refractivity contribution in [1.29, 1.82) is 0 Å². The van der Waals surface area contributed by atoms with Crippen LogP contribution in [0.2, 0.25) is 0 Å². The highest BCUT2D eigenvalue weighted by Gasteiger charge is 2.34. The van der Waals surface area contributed by atoms with Crippen LogP contribution in [0.1, 0.15) is 19.5 Å². The Labute approximate surface area is 98.5 Å². The fraction of sp³-hybridized carbons (Fsp3) is 0.462. The molecule has 0 N–H and O–H groups in total. The molecular formula is C13H15FN2O.